The van der Waals surface area contributed by atoms with Crippen LogP contribution in [0.3, 0.4) is 0 Å². The molecule has 2 heterocycles. The highest BCUT2D eigenvalue weighted by Crippen LogP contribution is 2.46. The predicted octanol–water partition coefficient (Wildman–Crippen LogP) is 2.99. The lowest BCUT2D eigenvalue weighted by Gasteiger charge is -2.19. The maximum Gasteiger partial charge on any atom is 0.237 e. The van der Waals surface area contributed by atoms with Crippen molar-refractivity contribution < 1.29 is 4.79 Å². The van der Waals surface area contributed by atoms with Gasteiger partial charge >= 0.3 is 0 Å². The lowest BCUT2D eigenvalue weighted by Crippen LogP contribution is -2.37. The summed E-state index contributed by atoms with van der Waals surface area (Å²) in [6.45, 7) is 8.29. The molecule has 0 bridgehead atoms. The standard InChI is InChI=1S/C15H20N2O/c1-9(2)12-7-13-11(8-16-12)15(3,4)14(18)17(13)10-5-6-10/h7-10H,5-6H2,1-4H3. The molecule has 0 unspecified atom stereocenters. The summed E-state index contributed by atoms with van der Waals surface area (Å²) in [5, 5.41) is 0. The van der Waals surface area contributed by atoms with Gasteiger partial charge in [0.25, 0.3) is 0 Å². The molecule has 1 fully saturated rings. The molecule has 2 aliphatic rings. The topological polar surface area (TPSA) is 33.2 Å². The summed E-state index contributed by atoms with van der Waals surface area (Å²) in [5.74, 6) is 0.637. The third-order valence-corrected chi connectivity index (χ3v) is 4.09. The molecule has 0 spiro atoms. The summed E-state index contributed by atoms with van der Waals surface area (Å²) in [6, 6.07) is 2.55. The molecule has 1 saturated carbocycles. The molecule has 1 aliphatic carbocycles. The van der Waals surface area contributed by atoms with E-state index < -0.39 is 5.41 Å². The van der Waals surface area contributed by atoms with E-state index in [2.05, 4.69) is 24.9 Å². The molecule has 0 saturated heterocycles. The summed E-state index contributed by atoms with van der Waals surface area (Å²) in [5.41, 5.74) is 2.85. The molecule has 3 nitrogen and oxygen atoms in total. The highest BCUT2D eigenvalue weighted by Gasteiger charge is 2.49. The van der Waals surface area contributed by atoms with Crippen molar-refractivity contribution in [1.29, 1.82) is 0 Å². The first-order valence-corrected chi connectivity index (χ1v) is 6.77. The van der Waals surface area contributed by atoms with E-state index in [0.717, 1.165) is 29.8 Å². The molecule has 3 heteroatoms. The van der Waals surface area contributed by atoms with E-state index in [-0.39, 0.29) is 5.91 Å². The van der Waals surface area contributed by atoms with Crippen molar-refractivity contribution in [1.82, 2.24) is 4.98 Å². The number of hydrogen-bond donors (Lipinski definition) is 0. The van der Waals surface area contributed by atoms with Gasteiger partial charge in [0.05, 0.1) is 11.1 Å². The van der Waals surface area contributed by atoms with Crippen LogP contribution in [0.5, 0.6) is 0 Å². The van der Waals surface area contributed by atoms with E-state index in [1.165, 1.54) is 0 Å². The third-order valence-electron chi connectivity index (χ3n) is 4.09. The highest BCUT2D eigenvalue weighted by molar-refractivity contribution is 6.08. The van der Waals surface area contributed by atoms with E-state index in [1.54, 1.807) is 0 Å². The van der Waals surface area contributed by atoms with Crippen molar-refractivity contribution in [2.45, 2.75) is 57.9 Å². The average molecular weight is 244 g/mol. The first-order chi connectivity index (χ1) is 8.43. The number of fused-ring (bicyclic) bond motifs is 1. The molecule has 18 heavy (non-hydrogen) atoms. The van der Waals surface area contributed by atoms with Crippen LogP contribution in [0.1, 0.15) is 57.7 Å². The second-order valence-corrected chi connectivity index (χ2v) is 6.31. The molecule has 96 valence electrons. The molecule has 1 amide bonds. The molecule has 1 aromatic rings. The van der Waals surface area contributed by atoms with E-state index in [1.807, 2.05) is 24.9 Å². The van der Waals surface area contributed by atoms with Gasteiger partial charge in [0, 0.05) is 23.5 Å². The Balaban J connectivity index is 2.14. The van der Waals surface area contributed by atoms with Gasteiger partial charge in [0.15, 0.2) is 0 Å². The highest BCUT2D eigenvalue weighted by atomic mass is 16.2. The fourth-order valence-corrected chi connectivity index (χ4v) is 2.68. The van der Waals surface area contributed by atoms with Crippen molar-refractivity contribution >= 4 is 11.6 Å². The zero-order valence-electron chi connectivity index (χ0n) is 11.5. The number of aromatic nitrogens is 1. The second kappa shape index (κ2) is 3.56. The van der Waals surface area contributed by atoms with Gasteiger partial charge in [0.1, 0.15) is 0 Å². The van der Waals surface area contributed by atoms with E-state index in [4.69, 9.17) is 0 Å². The van der Waals surface area contributed by atoms with Crippen LogP contribution >= 0.6 is 0 Å². The molecular formula is C15H20N2O. The number of rotatable bonds is 2. The zero-order chi connectivity index (χ0) is 13.1. The van der Waals surface area contributed by atoms with Crippen molar-refractivity contribution in [2.75, 3.05) is 4.90 Å². The Bertz CT molecular complexity index is 515. The Morgan fingerprint density at radius 3 is 2.61 bits per heavy atom. The predicted molar refractivity (Wildman–Crippen MR) is 71.9 cm³/mol. The Morgan fingerprint density at radius 1 is 1.39 bits per heavy atom. The number of amides is 1. The Hall–Kier alpha value is -1.38. The third kappa shape index (κ3) is 1.49. The largest absolute Gasteiger partial charge is 0.308 e. The van der Waals surface area contributed by atoms with Gasteiger partial charge in [-0.1, -0.05) is 13.8 Å². The SMILES string of the molecule is CC(C)c1cc2c(cn1)C(C)(C)C(=O)N2C1CC1. The molecule has 0 N–H and O–H groups in total. The van der Waals surface area contributed by atoms with E-state index in [9.17, 15) is 4.79 Å². The molecule has 0 atom stereocenters. The van der Waals surface area contributed by atoms with Crippen LogP contribution in [0, 0.1) is 0 Å². The van der Waals surface area contributed by atoms with Crippen LogP contribution in [-0.2, 0) is 10.2 Å². The van der Waals surface area contributed by atoms with Crippen LogP contribution < -0.4 is 4.90 Å². The number of pyridine rings is 1. The van der Waals surface area contributed by atoms with Crippen LogP contribution in [0.2, 0.25) is 0 Å². The van der Waals surface area contributed by atoms with Gasteiger partial charge in [0.2, 0.25) is 5.91 Å². The molecule has 1 aromatic heterocycles. The maximum absolute atomic E-state index is 12.5. The smallest absolute Gasteiger partial charge is 0.237 e. The normalized spacial score (nSPS) is 21.6. The lowest BCUT2D eigenvalue weighted by molar-refractivity contribution is -0.122. The number of nitrogens with zero attached hydrogens (tertiary/aromatic N) is 2. The van der Waals surface area contributed by atoms with Crippen molar-refractivity contribution in [3.63, 3.8) is 0 Å². The summed E-state index contributed by atoms with van der Waals surface area (Å²) >= 11 is 0. The quantitative estimate of drug-likeness (QED) is 0.801. The molecule has 1 aliphatic heterocycles. The fourth-order valence-electron chi connectivity index (χ4n) is 2.68. The van der Waals surface area contributed by atoms with Crippen molar-refractivity contribution in [3.8, 4) is 0 Å². The minimum absolute atomic E-state index is 0.239. The van der Waals surface area contributed by atoms with Crippen LogP contribution in [0.4, 0.5) is 5.69 Å². The molecular weight excluding hydrogens is 224 g/mol. The van der Waals surface area contributed by atoms with Crippen molar-refractivity contribution in [2.24, 2.45) is 0 Å². The zero-order valence-corrected chi connectivity index (χ0v) is 11.5. The average Bonchev–Trinajstić information content (AvgIpc) is 3.10. The summed E-state index contributed by atoms with van der Waals surface area (Å²) in [6.07, 6.45) is 4.19. The van der Waals surface area contributed by atoms with Gasteiger partial charge < -0.3 is 4.90 Å². The number of carbonyl (C=O) groups is 1. The monoisotopic (exact) mass is 244 g/mol. The lowest BCUT2D eigenvalue weighted by atomic mass is 9.87. The second-order valence-electron chi connectivity index (χ2n) is 6.31. The Labute approximate surface area is 108 Å². The number of anilines is 1. The van der Waals surface area contributed by atoms with Crippen LogP contribution in [-0.4, -0.2) is 16.9 Å². The summed E-state index contributed by atoms with van der Waals surface area (Å²) in [7, 11) is 0. The van der Waals surface area contributed by atoms with Crippen molar-refractivity contribution in [3.05, 3.63) is 23.5 Å². The minimum Gasteiger partial charge on any atom is -0.308 e. The minimum atomic E-state index is -0.416. The van der Waals surface area contributed by atoms with E-state index >= 15 is 0 Å². The molecule has 0 radical (unpaired) electrons. The molecule has 3 rings (SSSR count). The van der Waals surface area contributed by atoms with Crippen LogP contribution in [0.15, 0.2) is 12.3 Å². The first kappa shape index (κ1) is 11.7. The maximum atomic E-state index is 12.5. The van der Waals surface area contributed by atoms with Crippen LogP contribution in [0.25, 0.3) is 0 Å². The fraction of sp³-hybridized carbons (Fsp3) is 0.600. The Morgan fingerprint density at radius 2 is 2.06 bits per heavy atom. The number of hydrogen-bond acceptors (Lipinski definition) is 2. The summed E-state index contributed by atoms with van der Waals surface area (Å²) < 4.78 is 0. The number of carbonyl (C=O) groups excluding carboxylic acids is 1. The first-order valence-electron chi connectivity index (χ1n) is 6.77. The Kier molecular flexibility index (Phi) is 2.31. The van der Waals surface area contributed by atoms with Gasteiger partial charge in [-0.3, -0.25) is 9.78 Å². The summed E-state index contributed by atoms with van der Waals surface area (Å²) in [4.78, 5) is 19.1. The van der Waals surface area contributed by atoms with Gasteiger partial charge in [-0.2, -0.15) is 0 Å². The van der Waals surface area contributed by atoms with Gasteiger partial charge in [-0.25, -0.2) is 0 Å². The van der Waals surface area contributed by atoms with Gasteiger partial charge in [-0.15, -0.1) is 0 Å². The molecule has 0 aromatic carbocycles. The van der Waals surface area contributed by atoms with Gasteiger partial charge in [-0.05, 0) is 38.7 Å². The van der Waals surface area contributed by atoms with E-state index in [0.29, 0.717) is 12.0 Å².